The van der Waals surface area contributed by atoms with Crippen molar-refractivity contribution in [1.29, 1.82) is 0 Å². The molecule has 0 saturated carbocycles. The summed E-state index contributed by atoms with van der Waals surface area (Å²) < 4.78 is 0. The Morgan fingerprint density at radius 2 is 1.77 bits per heavy atom. The molecule has 76 valence electrons. The summed E-state index contributed by atoms with van der Waals surface area (Å²) in [5.74, 6) is 0.193. The summed E-state index contributed by atoms with van der Waals surface area (Å²) in [6.07, 6.45) is 6.54. The van der Waals surface area contributed by atoms with Gasteiger partial charge in [-0.3, -0.25) is 4.99 Å². The Labute approximate surface area is 80.9 Å². The number of hydrogen-bond donors (Lipinski definition) is 2. The number of nitrogens with zero attached hydrogens (tertiary/aromatic N) is 1. The van der Waals surface area contributed by atoms with Gasteiger partial charge in [0, 0.05) is 6.54 Å². The Morgan fingerprint density at radius 1 is 1.31 bits per heavy atom. The van der Waals surface area contributed by atoms with E-state index in [1.165, 1.54) is 0 Å². The fourth-order valence-electron chi connectivity index (χ4n) is 1.23. The smallest absolute Gasteiger partial charge is 0.185 e. The second kappa shape index (κ2) is 5.62. The monoisotopic (exact) mass is 183 g/mol. The highest BCUT2D eigenvalue weighted by Gasteiger charge is 2.24. The molecular formula is C10H21N3. The van der Waals surface area contributed by atoms with Crippen molar-refractivity contribution >= 4 is 5.96 Å². The lowest BCUT2D eigenvalue weighted by atomic mass is 9.88. The van der Waals surface area contributed by atoms with Gasteiger partial charge in [0.2, 0.25) is 0 Å². The van der Waals surface area contributed by atoms with Gasteiger partial charge >= 0.3 is 0 Å². The number of guanidine groups is 1. The number of allylic oxidation sites excluding steroid dienone is 2. The van der Waals surface area contributed by atoms with Gasteiger partial charge in [-0.1, -0.05) is 32.9 Å². The highest BCUT2D eigenvalue weighted by molar-refractivity contribution is 5.75. The Hall–Kier alpha value is -0.990. The molecule has 0 bridgehead atoms. The summed E-state index contributed by atoms with van der Waals surface area (Å²) in [7, 11) is 0. The molecule has 1 aliphatic rings. The molecule has 4 N–H and O–H groups in total. The van der Waals surface area contributed by atoms with E-state index in [0.29, 0.717) is 0 Å². The maximum Gasteiger partial charge on any atom is 0.185 e. The van der Waals surface area contributed by atoms with Gasteiger partial charge in [0.1, 0.15) is 0 Å². The molecule has 0 aliphatic heterocycles. The number of aliphatic imine (C=N–C) groups is 1. The Morgan fingerprint density at radius 3 is 2.15 bits per heavy atom. The quantitative estimate of drug-likeness (QED) is 0.388. The summed E-state index contributed by atoms with van der Waals surface area (Å²) in [6.45, 7) is 6.93. The average Bonchev–Trinajstić information content (AvgIpc) is 2.54. The second-order valence-corrected chi connectivity index (χ2v) is 3.43. The first-order chi connectivity index (χ1) is 6.12. The molecule has 0 saturated heterocycles. The van der Waals surface area contributed by atoms with E-state index < -0.39 is 0 Å². The van der Waals surface area contributed by atoms with E-state index in [-0.39, 0.29) is 11.4 Å². The van der Waals surface area contributed by atoms with Crippen LogP contribution in [-0.4, -0.2) is 12.5 Å². The van der Waals surface area contributed by atoms with Crippen LogP contribution in [-0.2, 0) is 0 Å². The van der Waals surface area contributed by atoms with Crippen molar-refractivity contribution in [3.05, 3.63) is 12.2 Å². The van der Waals surface area contributed by atoms with Crippen LogP contribution < -0.4 is 11.5 Å². The third-order valence-electron chi connectivity index (χ3n) is 2.03. The minimum absolute atomic E-state index is 0.193. The zero-order chi connectivity index (χ0) is 10.3. The molecule has 0 amide bonds. The molecule has 0 unspecified atom stereocenters. The van der Waals surface area contributed by atoms with E-state index in [1.54, 1.807) is 0 Å². The highest BCUT2D eigenvalue weighted by atomic mass is 15.0. The summed E-state index contributed by atoms with van der Waals surface area (Å²) in [5.41, 5.74) is 10.7. The lowest BCUT2D eigenvalue weighted by Crippen LogP contribution is -2.26. The molecule has 0 spiro atoms. The molecule has 1 rings (SSSR count). The molecule has 1 aliphatic carbocycles. The molecule has 0 atom stereocenters. The van der Waals surface area contributed by atoms with Gasteiger partial charge in [-0.2, -0.15) is 0 Å². The minimum atomic E-state index is 0.193. The van der Waals surface area contributed by atoms with Gasteiger partial charge in [0.15, 0.2) is 5.96 Å². The van der Waals surface area contributed by atoms with Crippen molar-refractivity contribution in [2.24, 2.45) is 21.9 Å². The lowest BCUT2D eigenvalue weighted by molar-refractivity contribution is 0.366. The highest BCUT2D eigenvalue weighted by Crippen LogP contribution is 2.32. The van der Waals surface area contributed by atoms with Crippen molar-refractivity contribution in [2.45, 2.75) is 33.6 Å². The first-order valence-corrected chi connectivity index (χ1v) is 4.83. The second-order valence-electron chi connectivity index (χ2n) is 3.43. The first-order valence-electron chi connectivity index (χ1n) is 4.83. The SMILES string of the molecule is CC.CC1(CN=C(N)N)CC=CC1. The van der Waals surface area contributed by atoms with E-state index in [4.69, 9.17) is 11.5 Å². The van der Waals surface area contributed by atoms with Crippen LogP contribution in [0.5, 0.6) is 0 Å². The summed E-state index contributed by atoms with van der Waals surface area (Å²) in [6, 6.07) is 0. The number of nitrogens with two attached hydrogens (primary N) is 2. The van der Waals surface area contributed by atoms with Crippen molar-refractivity contribution in [2.75, 3.05) is 6.54 Å². The molecule has 0 aromatic rings. The maximum absolute atomic E-state index is 5.24. The van der Waals surface area contributed by atoms with E-state index in [1.807, 2.05) is 13.8 Å². The predicted molar refractivity (Wildman–Crippen MR) is 58.5 cm³/mol. The van der Waals surface area contributed by atoms with Gasteiger partial charge in [0.05, 0.1) is 0 Å². The van der Waals surface area contributed by atoms with Crippen LogP contribution in [0.3, 0.4) is 0 Å². The fourth-order valence-corrected chi connectivity index (χ4v) is 1.23. The van der Waals surface area contributed by atoms with Gasteiger partial charge in [-0.05, 0) is 18.3 Å². The summed E-state index contributed by atoms with van der Waals surface area (Å²) >= 11 is 0. The van der Waals surface area contributed by atoms with Crippen LogP contribution in [0.25, 0.3) is 0 Å². The van der Waals surface area contributed by atoms with Gasteiger partial charge < -0.3 is 11.5 Å². The van der Waals surface area contributed by atoms with Crippen molar-refractivity contribution < 1.29 is 0 Å². The van der Waals surface area contributed by atoms with Crippen LogP contribution in [0.15, 0.2) is 17.1 Å². The van der Waals surface area contributed by atoms with E-state index in [9.17, 15) is 0 Å². The molecule has 0 aromatic carbocycles. The molecule has 3 nitrogen and oxygen atoms in total. The molecular weight excluding hydrogens is 162 g/mol. The van der Waals surface area contributed by atoms with E-state index in [0.717, 1.165) is 19.4 Å². The number of hydrogen-bond acceptors (Lipinski definition) is 1. The fraction of sp³-hybridized carbons (Fsp3) is 0.700. The number of rotatable bonds is 2. The van der Waals surface area contributed by atoms with Gasteiger partial charge in [0.25, 0.3) is 0 Å². The normalized spacial score (nSPS) is 17.5. The summed E-state index contributed by atoms with van der Waals surface area (Å²) in [4.78, 5) is 4.01. The van der Waals surface area contributed by atoms with Crippen LogP contribution in [0.1, 0.15) is 33.6 Å². The minimum Gasteiger partial charge on any atom is -0.370 e. The molecule has 0 heterocycles. The molecule has 0 aromatic heterocycles. The first kappa shape index (κ1) is 12.0. The van der Waals surface area contributed by atoms with Crippen LogP contribution >= 0.6 is 0 Å². The van der Waals surface area contributed by atoms with Crippen molar-refractivity contribution in [1.82, 2.24) is 0 Å². The zero-order valence-corrected chi connectivity index (χ0v) is 8.88. The molecule has 0 fully saturated rings. The Balaban J connectivity index is 0.000000671. The topological polar surface area (TPSA) is 64.4 Å². The van der Waals surface area contributed by atoms with Gasteiger partial charge in [-0.15, -0.1) is 0 Å². The summed E-state index contributed by atoms with van der Waals surface area (Å²) in [5, 5.41) is 0. The Kier molecular flexibility index (Phi) is 5.19. The Bertz CT molecular complexity index is 182. The molecule has 0 radical (unpaired) electrons. The third-order valence-corrected chi connectivity index (χ3v) is 2.03. The maximum atomic E-state index is 5.24. The molecule has 3 heteroatoms. The standard InChI is InChI=1S/C8H15N3.C2H6/c1-8(4-2-3-5-8)6-11-7(9)10;1-2/h2-3H,4-6H2,1H3,(H4,9,10,11);1-2H3. The molecule has 13 heavy (non-hydrogen) atoms. The largest absolute Gasteiger partial charge is 0.370 e. The zero-order valence-electron chi connectivity index (χ0n) is 8.88. The van der Waals surface area contributed by atoms with Crippen LogP contribution in [0.4, 0.5) is 0 Å². The van der Waals surface area contributed by atoms with E-state index in [2.05, 4.69) is 24.1 Å². The lowest BCUT2D eigenvalue weighted by Gasteiger charge is -2.20. The average molecular weight is 183 g/mol. The van der Waals surface area contributed by atoms with Crippen molar-refractivity contribution in [3.8, 4) is 0 Å². The third kappa shape index (κ3) is 4.55. The van der Waals surface area contributed by atoms with Gasteiger partial charge in [-0.25, -0.2) is 0 Å². The van der Waals surface area contributed by atoms with Crippen LogP contribution in [0.2, 0.25) is 0 Å². The van der Waals surface area contributed by atoms with Crippen LogP contribution in [0, 0.1) is 5.41 Å². The predicted octanol–water partition coefficient (Wildman–Crippen LogP) is 1.64. The van der Waals surface area contributed by atoms with Crippen molar-refractivity contribution in [3.63, 3.8) is 0 Å². The van der Waals surface area contributed by atoms with E-state index >= 15 is 0 Å².